The van der Waals surface area contributed by atoms with Crippen molar-refractivity contribution in [1.82, 2.24) is 0 Å². The number of hydrogen-bond donors (Lipinski definition) is 0. The van der Waals surface area contributed by atoms with Gasteiger partial charge in [0.1, 0.15) is 0 Å². The van der Waals surface area contributed by atoms with E-state index in [1.807, 2.05) is 91.0 Å². The van der Waals surface area contributed by atoms with Crippen molar-refractivity contribution in [2.75, 3.05) is 0 Å². The summed E-state index contributed by atoms with van der Waals surface area (Å²) in [6, 6.07) is 28.7. The Labute approximate surface area is 167 Å². The van der Waals surface area contributed by atoms with Crippen LogP contribution < -0.4 is 13.6 Å². The predicted molar refractivity (Wildman–Crippen MR) is 116 cm³/mol. The quantitative estimate of drug-likeness (QED) is 0.234. The van der Waals surface area contributed by atoms with Crippen molar-refractivity contribution in [3.05, 3.63) is 91.0 Å². The topological polar surface area (TPSA) is 27.7 Å². The Morgan fingerprint density at radius 1 is 0.458 bits per heavy atom. The van der Waals surface area contributed by atoms with Gasteiger partial charge in [0, 0.05) is 0 Å². The van der Waals surface area contributed by atoms with Crippen molar-refractivity contribution in [2.24, 2.45) is 0 Å². The number of halogens is 2. The van der Waals surface area contributed by atoms with Gasteiger partial charge >= 0.3 is 168 Å². The van der Waals surface area contributed by atoms with E-state index in [2.05, 4.69) is 44.1 Å². The Bertz CT molecular complexity index is 675. The molecule has 3 aromatic carbocycles. The van der Waals surface area contributed by atoms with Crippen molar-refractivity contribution in [3.8, 4) is 17.2 Å². The molecule has 3 rings (SSSR count). The van der Waals surface area contributed by atoms with Crippen LogP contribution in [0.1, 0.15) is 0 Å². The second-order valence-corrected chi connectivity index (χ2v) is 22.4. The zero-order valence-electron chi connectivity index (χ0n) is 12.6. The molecule has 0 radical (unpaired) electrons. The molecule has 124 valence electrons. The van der Waals surface area contributed by atoms with E-state index in [0.29, 0.717) is 17.2 Å². The molecule has 3 nitrogen and oxygen atoms in total. The van der Waals surface area contributed by atoms with Crippen molar-refractivity contribution >= 4 is 46.7 Å². The van der Waals surface area contributed by atoms with Gasteiger partial charge in [-0.3, -0.25) is 0 Å². The van der Waals surface area contributed by atoms with Gasteiger partial charge in [-0.1, -0.05) is 0 Å². The fourth-order valence-electron chi connectivity index (χ4n) is 2.00. The van der Waals surface area contributed by atoms with Gasteiger partial charge in [-0.25, -0.2) is 0 Å². The van der Waals surface area contributed by atoms with E-state index in [4.69, 9.17) is 13.6 Å². The molecule has 6 heteroatoms. The molecule has 0 fully saturated rings. The van der Waals surface area contributed by atoms with E-state index < -0.39 is 2.57 Å². The molecule has 0 aromatic heterocycles. The third-order valence-corrected chi connectivity index (χ3v) is 8.02. The van der Waals surface area contributed by atoms with E-state index >= 15 is 0 Å². The van der Waals surface area contributed by atoms with Crippen LogP contribution >= 0.6 is 46.7 Å². The summed E-state index contributed by atoms with van der Waals surface area (Å²) >= 11 is 4.34. The summed E-state index contributed by atoms with van der Waals surface area (Å²) in [4.78, 5) is 0. The summed E-state index contributed by atoms with van der Waals surface area (Å²) in [5.41, 5.74) is 0. The zero-order chi connectivity index (χ0) is 16.9. The van der Waals surface area contributed by atoms with Crippen LogP contribution in [0.2, 0.25) is 0 Å². The molecule has 0 aliphatic carbocycles. The summed E-state index contributed by atoms with van der Waals surface area (Å²) in [6.07, 6.45) is 0. The van der Waals surface area contributed by atoms with Crippen molar-refractivity contribution in [1.29, 1.82) is 0 Å². The maximum absolute atomic E-state index is 6.26. The Morgan fingerprint density at radius 2 is 0.708 bits per heavy atom. The van der Waals surface area contributed by atoms with Crippen LogP contribution in [0.3, 0.4) is 0 Å². The summed E-state index contributed by atoms with van der Waals surface area (Å²) in [7, 11) is 0. The van der Waals surface area contributed by atoms with E-state index in [-0.39, 0.29) is 0 Å². The van der Waals surface area contributed by atoms with Gasteiger partial charge in [0.2, 0.25) is 0 Å². The summed E-state index contributed by atoms with van der Waals surface area (Å²) in [6.45, 7) is 0. The fraction of sp³-hybridized carbons (Fsp3) is 0. The number of hydrogen-bond acceptors (Lipinski definition) is 3. The molecule has 0 spiro atoms. The molecule has 0 heterocycles. The van der Waals surface area contributed by atoms with Gasteiger partial charge in [-0.05, 0) is 0 Å². The van der Waals surface area contributed by atoms with Crippen molar-refractivity contribution < 1.29 is 13.6 Å². The predicted octanol–water partition coefficient (Wildman–Crippen LogP) is 7.22. The van der Waals surface area contributed by atoms with Gasteiger partial charge in [-0.15, -0.1) is 0 Å². The Balaban J connectivity index is 1.95. The molecule has 0 atom stereocenters. The van der Waals surface area contributed by atoms with Crippen molar-refractivity contribution in [3.63, 3.8) is 0 Å². The number of rotatable bonds is 6. The monoisotopic (exact) mass is 564 g/mol. The van der Waals surface area contributed by atoms with Crippen LogP contribution in [-0.2, 0) is 0 Å². The van der Waals surface area contributed by atoms with Crippen molar-refractivity contribution in [2.45, 2.75) is 0 Å². The van der Waals surface area contributed by atoms with Crippen LogP contribution in [0.25, 0.3) is 0 Å². The van der Waals surface area contributed by atoms with Gasteiger partial charge < -0.3 is 0 Å². The molecule has 0 N–H and O–H groups in total. The summed E-state index contributed by atoms with van der Waals surface area (Å²) in [5.74, 6) is 2.10. The second kappa shape index (κ2) is 7.45. The first-order valence-corrected chi connectivity index (χ1v) is 14.8. The summed E-state index contributed by atoms with van der Waals surface area (Å²) < 4.78 is 15.2. The maximum atomic E-state index is 6.26. The molecule has 0 aliphatic rings. The number of benzene rings is 3. The number of para-hydroxylation sites is 3. The van der Waals surface area contributed by atoms with Crippen LogP contribution in [0.5, 0.6) is 17.2 Å². The van der Waals surface area contributed by atoms with E-state index in [0.717, 1.165) is 0 Å². The average Bonchev–Trinajstić information content (AvgIpc) is 2.56. The van der Waals surface area contributed by atoms with Crippen LogP contribution in [0, 0.1) is 0 Å². The first-order chi connectivity index (χ1) is 11.5. The van der Waals surface area contributed by atoms with Gasteiger partial charge in [-0.2, -0.15) is 0 Å². The van der Waals surface area contributed by atoms with Gasteiger partial charge in [0.25, 0.3) is 0 Å². The first-order valence-electron chi connectivity index (χ1n) is 7.23. The Hall–Kier alpha value is -1.05. The zero-order valence-corrected chi connectivity index (χ0v) is 17.8. The molecule has 24 heavy (non-hydrogen) atoms. The molecule has 0 saturated carbocycles. The average molecular weight is 564 g/mol. The molecule has 0 bridgehead atoms. The molecule has 0 unspecified atom stereocenters. The van der Waals surface area contributed by atoms with E-state index in [1.165, 1.54) is 0 Å². The molecule has 3 aromatic rings. The van der Waals surface area contributed by atoms with Crippen LogP contribution in [0.15, 0.2) is 91.0 Å². The third kappa shape index (κ3) is 4.97. The molecule has 0 amide bonds. The Kier molecular flexibility index (Phi) is 5.52. The van der Waals surface area contributed by atoms with E-state index in [9.17, 15) is 0 Å². The Morgan fingerprint density at radius 3 is 0.958 bits per heavy atom. The van der Waals surface area contributed by atoms with E-state index in [1.54, 1.807) is 0 Å². The molecule has 0 aliphatic heterocycles. The molecular weight excluding hydrogens is 549 g/mol. The van der Waals surface area contributed by atoms with Crippen LogP contribution in [0.4, 0.5) is 0 Å². The SMILES string of the molecule is IP(I)(Oc1ccccc1)(Oc1ccccc1)Oc1ccccc1. The third-order valence-electron chi connectivity index (χ3n) is 2.98. The molecular formula is C18H15I2O3P. The van der Waals surface area contributed by atoms with Gasteiger partial charge in [0.15, 0.2) is 0 Å². The normalized spacial score (nSPS) is 12.7. The standard InChI is InChI=1S/C18H15I2O3P/c19-24(20,21-16-10-4-1-5-11-16,22-17-12-6-2-7-13-17)23-18-14-8-3-9-15-18/h1-15H. The molecule has 0 saturated heterocycles. The first kappa shape index (κ1) is 17.8. The second-order valence-electron chi connectivity index (χ2n) is 4.91. The fourth-order valence-corrected chi connectivity index (χ4v) is 7.56. The summed E-state index contributed by atoms with van der Waals surface area (Å²) in [5, 5.41) is 0. The van der Waals surface area contributed by atoms with Gasteiger partial charge in [0.05, 0.1) is 0 Å². The minimum absolute atomic E-state index is 0.700. The minimum atomic E-state index is -3.52. The van der Waals surface area contributed by atoms with Crippen LogP contribution in [-0.4, -0.2) is 0 Å².